The number of alkyl halides is 2. The number of carboxylic acid groups (broad SMARTS) is 1. The lowest BCUT2D eigenvalue weighted by atomic mass is 9.97. The van der Waals surface area contributed by atoms with Gasteiger partial charge in [-0.3, -0.25) is 0 Å². The highest BCUT2D eigenvalue weighted by Gasteiger charge is 2.46. The molecule has 0 saturated heterocycles. The largest absolute Gasteiger partial charge is 0.480 e. The molecule has 2 aromatic carbocycles. The number of carbonyl (C=O) groups excluding carboxylic acids is 1. The zero-order valence-electron chi connectivity index (χ0n) is 16.3. The summed E-state index contributed by atoms with van der Waals surface area (Å²) < 4.78 is 35.8. The van der Waals surface area contributed by atoms with E-state index in [1.807, 2.05) is 6.92 Å². The lowest BCUT2D eigenvalue weighted by molar-refractivity contribution is -0.140. The third kappa shape index (κ3) is 5.27. The number of amides is 1. The van der Waals surface area contributed by atoms with E-state index in [1.54, 1.807) is 18.2 Å². The Morgan fingerprint density at radius 3 is 2.43 bits per heavy atom. The molecule has 2 N–H and O–H groups in total. The van der Waals surface area contributed by atoms with Gasteiger partial charge >= 0.3 is 18.0 Å². The molecule has 30 heavy (non-hydrogen) atoms. The average Bonchev–Trinajstić information content (AvgIpc) is 3.43. The van der Waals surface area contributed by atoms with Gasteiger partial charge < -0.3 is 15.2 Å². The molecule has 0 spiro atoms. The summed E-state index contributed by atoms with van der Waals surface area (Å²) in [5.74, 6) is -4.84. The highest BCUT2D eigenvalue weighted by molar-refractivity contribution is 6.30. The van der Waals surface area contributed by atoms with Crippen molar-refractivity contribution in [1.29, 1.82) is 0 Å². The van der Waals surface area contributed by atoms with Gasteiger partial charge in [0.2, 0.25) is 0 Å². The van der Waals surface area contributed by atoms with Gasteiger partial charge in [0, 0.05) is 10.6 Å². The molecular formula is C22H22ClF2NO4. The molecule has 5 nitrogen and oxygen atoms in total. The Bertz CT molecular complexity index is 918. The van der Waals surface area contributed by atoms with Crippen molar-refractivity contribution in [3.8, 4) is 0 Å². The number of rotatable bonds is 8. The number of hydrogen-bond acceptors (Lipinski definition) is 3. The van der Waals surface area contributed by atoms with Crippen molar-refractivity contribution in [3.05, 3.63) is 70.7 Å². The molecule has 0 radical (unpaired) electrons. The van der Waals surface area contributed by atoms with Crippen LogP contribution in [-0.4, -0.2) is 23.2 Å². The van der Waals surface area contributed by atoms with Gasteiger partial charge in [-0.15, -0.1) is 0 Å². The summed E-state index contributed by atoms with van der Waals surface area (Å²) in [7, 11) is 0. The molecule has 1 unspecified atom stereocenters. The molecule has 0 aromatic heterocycles. The molecule has 0 bridgehead atoms. The second-order valence-corrected chi connectivity index (χ2v) is 8.32. The summed E-state index contributed by atoms with van der Waals surface area (Å²) in [6, 6.07) is 11.5. The normalized spacial score (nSPS) is 16.9. The minimum absolute atomic E-state index is 0.0682. The van der Waals surface area contributed by atoms with E-state index in [2.05, 4.69) is 5.32 Å². The minimum atomic E-state index is -3.61. The van der Waals surface area contributed by atoms with Gasteiger partial charge in [-0.1, -0.05) is 61.0 Å². The Labute approximate surface area is 178 Å². The molecule has 1 amide bonds. The number of ether oxygens (including phenoxy) is 1. The topological polar surface area (TPSA) is 75.6 Å². The highest BCUT2D eigenvalue weighted by Crippen LogP contribution is 2.49. The molecule has 2 aromatic rings. The van der Waals surface area contributed by atoms with E-state index in [1.165, 1.54) is 30.3 Å². The van der Waals surface area contributed by atoms with Crippen molar-refractivity contribution in [2.45, 2.75) is 44.3 Å². The van der Waals surface area contributed by atoms with Crippen LogP contribution >= 0.6 is 11.6 Å². The molecule has 0 aliphatic heterocycles. The van der Waals surface area contributed by atoms with Crippen LogP contribution < -0.4 is 5.32 Å². The fourth-order valence-electron chi connectivity index (χ4n) is 3.22. The predicted molar refractivity (Wildman–Crippen MR) is 108 cm³/mol. The van der Waals surface area contributed by atoms with Crippen molar-refractivity contribution in [2.75, 3.05) is 0 Å². The SMILES string of the molecule is CC1(C[C@H](NC(=O)OC(c2ccccc2)C(F)(F)c2cccc(Cl)c2)C(=O)O)CC1. The minimum Gasteiger partial charge on any atom is -0.480 e. The maximum Gasteiger partial charge on any atom is 0.408 e. The first-order valence-electron chi connectivity index (χ1n) is 9.49. The van der Waals surface area contributed by atoms with Gasteiger partial charge in [-0.25, -0.2) is 9.59 Å². The van der Waals surface area contributed by atoms with Crippen LogP contribution in [0.5, 0.6) is 0 Å². The van der Waals surface area contributed by atoms with E-state index in [0.717, 1.165) is 18.9 Å². The van der Waals surface area contributed by atoms with Gasteiger partial charge in [-0.05, 0) is 42.4 Å². The predicted octanol–water partition coefficient (Wildman–Crippen LogP) is 5.54. The number of halogens is 3. The lowest BCUT2D eigenvalue weighted by Gasteiger charge is -2.28. The number of benzene rings is 2. The van der Waals surface area contributed by atoms with E-state index < -0.39 is 35.7 Å². The van der Waals surface area contributed by atoms with E-state index >= 15 is 8.78 Å². The summed E-state index contributed by atoms with van der Waals surface area (Å²) >= 11 is 5.86. The zero-order chi connectivity index (χ0) is 21.9. The number of alkyl carbamates (subject to hydrolysis) is 1. The van der Waals surface area contributed by atoms with Gasteiger partial charge in [0.25, 0.3) is 0 Å². The summed E-state index contributed by atoms with van der Waals surface area (Å²) in [4.78, 5) is 24.0. The molecule has 8 heteroatoms. The monoisotopic (exact) mass is 437 g/mol. The Morgan fingerprint density at radius 2 is 1.87 bits per heavy atom. The number of hydrogen-bond donors (Lipinski definition) is 2. The molecule has 2 atom stereocenters. The fourth-order valence-corrected chi connectivity index (χ4v) is 3.41. The van der Waals surface area contributed by atoms with Gasteiger partial charge in [0.05, 0.1) is 0 Å². The third-order valence-corrected chi connectivity index (χ3v) is 5.49. The first kappa shape index (κ1) is 22.0. The van der Waals surface area contributed by atoms with E-state index in [4.69, 9.17) is 16.3 Å². The van der Waals surface area contributed by atoms with Crippen molar-refractivity contribution in [3.63, 3.8) is 0 Å². The number of nitrogens with one attached hydrogen (secondary N) is 1. The molecule has 1 aliphatic rings. The number of carboxylic acids is 1. The molecule has 1 fully saturated rings. The summed E-state index contributed by atoms with van der Waals surface area (Å²) in [5, 5.41) is 11.7. The average molecular weight is 438 g/mol. The van der Waals surface area contributed by atoms with Crippen LogP contribution in [0.25, 0.3) is 0 Å². The van der Waals surface area contributed by atoms with Gasteiger partial charge in [-0.2, -0.15) is 8.78 Å². The fraction of sp³-hybridized carbons (Fsp3) is 0.364. The molecule has 3 rings (SSSR count). The Hall–Kier alpha value is -2.67. The quantitative estimate of drug-likeness (QED) is 0.568. The Balaban J connectivity index is 1.84. The van der Waals surface area contributed by atoms with Gasteiger partial charge in [0.1, 0.15) is 6.04 Å². The maximum absolute atomic E-state index is 15.3. The summed E-state index contributed by atoms with van der Waals surface area (Å²) in [6.45, 7) is 1.91. The molecule has 1 aliphatic carbocycles. The van der Waals surface area contributed by atoms with Crippen LogP contribution in [0.2, 0.25) is 5.02 Å². The second kappa shape index (κ2) is 8.60. The van der Waals surface area contributed by atoms with Crippen LogP contribution in [0.3, 0.4) is 0 Å². The smallest absolute Gasteiger partial charge is 0.408 e. The molecule has 0 heterocycles. The van der Waals surface area contributed by atoms with E-state index in [-0.39, 0.29) is 22.4 Å². The van der Waals surface area contributed by atoms with Crippen LogP contribution in [-0.2, 0) is 15.5 Å². The van der Waals surface area contributed by atoms with E-state index in [0.29, 0.717) is 0 Å². The second-order valence-electron chi connectivity index (χ2n) is 7.88. The van der Waals surface area contributed by atoms with Crippen LogP contribution in [0, 0.1) is 5.41 Å². The Morgan fingerprint density at radius 1 is 1.20 bits per heavy atom. The molecule has 160 valence electrons. The maximum atomic E-state index is 15.3. The first-order valence-corrected chi connectivity index (χ1v) is 9.87. The molecule has 1 saturated carbocycles. The summed E-state index contributed by atoms with van der Waals surface area (Å²) in [5.41, 5.74) is -0.518. The first-order chi connectivity index (χ1) is 14.1. The van der Waals surface area contributed by atoms with Crippen molar-refractivity contribution in [1.82, 2.24) is 5.32 Å². The highest BCUT2D eigenvalue weighted by atomic mass is 35.5. The van der Waals surface area contributed by atoms with Crippen molar-refractivity contribution in [2.24, 2.45) is 5.41 Å². The summed E-state index contributed by atoms with van der Waals surface area (Å²) in [6.07, 6.45) is -1.27. The number of carbonyl (C=O) groups is 2. The standard InChI is InChI=1S/C22H22ClF2NO4/c1-21(10-11-21)13-17(19(27)28)26-20(29)30-18(14-6-3-2-4-7-14)22(24,25)15-8-5-9-16(23)12-15/h2-9,12,17-18H,10-11,13H2,1H3,(H,26,29)(H,27,28)/t17-,18?/m0/s1. The molecular weight excluding hydrogens is 416 g/mol. The van der Waals surface area contributed by atoms with Gasteiger partial charge in [0.15, 0.2) is 6.10 Å². The van der Waals surface area contributed by atoms with E-state index in [9.17, 15) is 14.7 Å². The Kier molecular flexibility index (Phi) is 6.31. The zero-order valence-corrected chi connectivity index (χ0v) is 17.0. The van der Waals surface area contributed by atoms with Crippen LogP contribution in [0.4, 0.5) is 13.6 Å². The van der Waals surface area contributed by atoms with Crippen LogP contribution in [0.15, 0.2) is 54.6 Å². The number of aliphatic carboxylic acids is 1. The van der Waals surface area contributed by atoms with Crippen molar-refractivity contribution < 1.29 is 28.2 Å². The van der Waals surface area contributed by atoms with Crippen molar-refractivity contribution >= 4 is 23.7 Å². The lowest BCUT2D eigenvalue weighted by Crippen LogP contribution is -2.43. The van der Waals surface area contributed by atoms with Crippen LogP contribution in [0.1, 0.15) is 43.4 Å². The third-order valence-electron chi connectivity index (χ3n) is 5.26.